The molecule has 2 saturated heterocycles. The first-order valence-corrected chi connectivity index (χ1v) is 9.06. The Kier molecular flexibility index (Phi) is 4.70. The lowest BCUT2D eigenvalue weighted by atomic mass is 9.87. The highest BCUT2D eigenvalue weighted by Gasteiger charge is 2.46. The van der Waals surface area contributed by atoms with Gasteiger partial charge in [-0.15, -0.1) is 0 Å². The maximum absolute atomic E-state index is 12.7. The second-order valence-electron chi connectivity index (χ2n) is 7.41. The number of ether oxygens (including phenoxy) is 1. The Bertz CT molecular complexity index is 782. The van der Waals surface area contributed by atoms with Gasteiger partial charge < -0.3 is 4.74 Å². The van der Waals surface area contributed by atoms with Gasteiger partial charge in [0.15, 0.2) is 0 Å². The average molecular weight is 352 g/mol. The zero-order valence-electron chi connectivity index (χ0n) is 15.1. The van der Waals surface area contributed by atoms with Crippen molar-refractivity contribution in [3.63, 3.8) is 0 Å². The van der Waals surface area contributed by atoms with Crippen LogP contribution in [0, 0.1) is 12.3 Å². The van der Waals surface area contributed by atoms with E-state index in [-0.39, 0.29) is 11.3 Å². The number of hydrogen-bond donors (Lipinski definition) is 0. The summed E-state index contributed by atoms with van der Waals surface area (Å²) in [5, 5.41) is 0. The van der Waals surface area contributed by atoms with Gasteiger partial charge in [0.05, 0.1) is 13.2 Å². The molecule has 0 saturated carbocycles. The van der Waals surface area contributed by atoms with E-state index in [1.807, 2.05) is 0 Å². The molecule has 0 N–H and O–H groups in total. The van der Waals surface area contributed by atoms with E-state index in [9.17, 15) is 4.79 Å². The Hall–Kier alpha value is -2.31. The van der Waals surface area contributed by atoms with Gasteiger partial charge in [0, 0.05) is 44.2 Å². The molecule has 1 atom stereocenters. The molecule has 6 nitrogen and oxygen atoms in total. The average Bonchev–Trinajstić information content (AvgIpc) is 2.84. The summed E-state index contributed by atoms with van der Waals surface area (Å²) >= 11 is 0. The van der Waals surface area contributed by atoms with Gasteiger partial charge in [0.25, 0.3) is 0 Å². The Balaban J connectivity index is 1.52. The smallest absolute Gasteiger partial charge is 0.228 e. The molecule has 1 spiro atoms. The zero-order chi connectivity index (χ0) is 18.0. The first-order chi connectivity index (χ1) is 12.7. The lowest BCUT2D eigenvalue weighted by Crippen LogP contribution is -2.40. The zero-order valence-corrected chi connectivity index (χ0v) is 15.1. The van der Waals surface area contributed by atoms with Crippen LogP contribution in [0.1, 0.15) is 17.5 Å². The maximum Gasteiger partial charge on any atom is 0.228 e. The third kappa shape index (κ3) is 3.48. The minimum Gasteiger partial charge on any atom is -0.379 e. The number of amides is 1. The van der Waals surface area contributed by atoms with Gasteiger partial charge in [-0.3, -0.25) is 14.6 Å². The lowest BCUT2D eigenvalue weighted by molar-refractivity contribution is -0.118. The van der Waals surface area contributed by atoms with Gasteiger partial charge in [-0.05, 0) is 24.1 Å². The molecule has 6 heteroatoms. The van der Waals surface area contributed by atoms with Gasteiger partial charge in [0.1, 0.15) is 12.1 Å². The monoisotopic (exact) mass is 352 g/mol. The van der Waals surface area contributed by atoms with Crippen LogP contribution in [0.25, 0.3) is 0 Å². The molecular weight excluding hydrogens is 328 g/mol. The molecule has 0 unspecified atom stereocenters. The van der Waals surface area contributed by atoms with E-state index in [0.29, 0.717) is 32.0 Å². The summed E-state index contributed by atoms with van der Waals surface area (Å²) in [7, 11) is 0. The van der Waals surface area contributed by atoms with Crippen LogP contribution in [0.2, 0.25) is 0 Å². The minimum absolute atomic E-state index is 0.116. The van der Waals surface area contributed by atoms with E-state index in [4.69, 9.17) is 4.74 Å². The molecule has 1 aromatic heterocycles. The topological polar surface area (TPSA) is 58.6 Å². The molecule has 0 bridgehead atoms. The number of carbonyl (C=O) groups is 1. The standard InChI is InChI=1S/C20H24N4O2/c1-16-4-2-3-5-17(16)11-23-8-9-26-14-20(12-23)10-19(25)24(13-20)18-6-7-21-15-22-18/h2-7,15H,8-14H2,1H3/t20-/m0/s1. The number of carbonyl (C=O) groups excluding carboxylic acids is 1. The summed E-state index contributed by atoms with van der Waals surface area (Å²) in [6, 6.07) is 10.3. The van der Waals surface area contributed by atoms with E-state index in [0.717, 1.165) is 19.6 Å². The molecule has 2 fully saturated rings. The number of rotatable bonds is 3. The van der Waals surface area contributed by atoms with E-state index in [1.165, 1.54) is 17.5 Å². The molecule has 0 aliphatic carbocycles. The first-order valence-electron chi connectivity index (χ1n) is 9.06. The fourth-order valence-electron chi connectivity index (χ4n) is 4.00. The predicted octanol–water partition coefficient (Wildman–Crippen LogP) is 2.04. The van der Waals surface area contributed by atoms with Crippen LogP contribution < -0.4 is 4.90 Å². The van der Waals surface area contributed by atoms with Crippen molar-refractivity contribution in [2.45, 2.75) is 19.9 Å². The molecular formula is C20H24N4O2. The predicted molar refractivity (Wildman–Crippen MR) is 98.7 cm³/mol. The van der Waals surface area contributed by atoms with Crippen molar-refractivity contribution < 1.29 is 9.53 Å². The number of aromatic nitrogens is 2. The van der Waals surface area contributed by atoms with Crippen LogP contribution in [0.5, 0.6) is 0 Å². The van der Waals surface area contributed by atoms with E-state index in [2.05, 4.69) is 46.1 Å². The third-order valence-electron chi connectivity index (χ3n) is 5.34. The van der Waals surface area contributed by atoms with Crippen LogP contribution in [0.15, 0.2) is 42.9 Å². The van der Waals surface area contributed by atoms with Crippen LogP contribution in [-0.2, 0) is 16.1 Å². The van der Waals surface area contributed by atoms with Crippen LogP contribution >= 0.6 is 0 Å². The van der Waals surface area contributed by atoms with Crippen molar-refractivity contribution in [1.82, 2.24) is 14.9 Å². The molecule has 26 heavy (non-hydrogen) atoms. The summed E-state index contributed by atoms with van der Waals surface area (Å²) in [5.74, 6) is 0.793. The number of hydrogen-bond acceptors (Lipinski definition) is 5. The van der Waals surface area contributed by atoms with Crippen LogP contribution in [0.3, 0.4) is 0 Å². The van der Waals surface area contributed by atoms with Crippen molar-refractivity contribution in [2.75, 3.05) is 37.7 Å². The molecule has 1 amide bonds. The molecule has 1 aromatic carbocycles. The number of anilines is 1. The summed E-state index contributed by atoms with van der Waals surface area (Å²) in [5.41, 5.74) is 2.46. The van der Waals surface area contributed by atoms with Gasteiger partial charge in [0.2, 0.25) is 5.91 Å². The normalized spacial score (nSPS) is 24.2. The molecule has 4 rings (SSSR count). The van der Waals surface area contributed by atoms with Crippen LogP contribution in [-0.4, -0.2) is 53.6 Å². The van der Waals surface area contributed by atoms with E-state index in [1.54, 1.807) is 17.2 Å². The second-order valence-corrected chi connectivity index (χ2v) is 7.41. The Morgan fingerprint density at radius 2 is 2.12 bits per heavy atom. The van der Waals surface area contributed by atoms with Gasteiger partial charge in [-0.1, -0.05) is 24.3 Å². The molecule has 2 aromatic rings. The molecule has 2 aliphatic rings. The molecule has 2 aliphatic heterocycles. The maximum atomic E-state index is 12.7. The van der Waals surface area contributed by atoms with Crippen molar-refractivity contribution in [3.8, 4) is 0 Å². The molecule has 136 valence electrons. The number of aryl methyl sites for hydroxylation is 1. The highest BCUT2D eigenvalue weighted by Crippen LogP contribution is 2.36. The van der Waals surface area contributed by atoms with Crippen molar-refractivity contribution in [3.05, 3.63) is 54.0 Å². The minimum atomic E-state index is -0.179. The van der Waals surface area contributed by atoms with E-state index < -0.39 is 0 Å². The largest absolute Gasteiger partial charge is 0.379 e. The molecule has 3 heterocycles. The summed E-state index contributed by atoms with van der Waals surface area (Å²) in [6.45, 7) is 6.74. The Morgan fingerprint density at radius 3 is 2.92 bits per heavy atom. The third-order valence-corrected chi connectivity index (χ3v) is 5.34. The highest BCUT2D eigenvalue weighted by atomic mass is 16.5. The van der Waals surface area contributed by atoms with Gasteiger partial charge >= 0.3 is 0 Å². The van der Waals surface area contributed by atoms with Crippen molar-refractivity contribution in [1.29, 1.82) is 0 Å². The number of nitrogens with zero attached hydrogens (tertiary/aromatic N) is 4. The molecule has 0 radical (unpaired) electrons. The SMILES string of the molecule is Cc1ccccc1CN1CCOC[C@@]2(CC(=O)N(c3ccncn3)C2)C1. The van der Waals surface area contributed by atoms with Gasteiger partial charge in [-0.2, -0.15) is 0 Å². The van der Waals surface area contributed by atoms with Gasteiger partial charge in [-0.25, -0.2) is 9.97 Å². The Morgan fingerprint density at radius 1 is 1.23 bits per heavy atom. The van der Waals surface area contributed by atoms with Crippen molar-refractivity contribution in [2.24, 2.45) is 5.41 Å². The van der Waals surface area contributed by atoms with E-state index >= 15 is 0 Å². The summed E-state index contributed by atoms with van der Waals surface area (Å²) < 4.78 is 5.91. The first kappa shape index (κ1) is 17.1. The highest BCUT2D eigenvalue weighted by molar-refractivity contribution is 5.95. The summed E-state index contributed by atoms with van der Waals surface area (Å²) in [4.78, 5) is 25.1. The van der Waals surface area contributed by atoms with Crippen LogP contribution in [0.4, 0.5) is 5.82 Å². The number of benzene rings is 1. The second kappa shape index (κ2) is 7.13. The summed E-state index contributed by atoms with van der Waals surface area (Å²) in [6.07, 6.45) is 3.66. The van der Waals surface area contributed by atoms with Crippen molar-refractivity contribution >= 4 is 11.7 Å². The Labute approximate surface area is 153 Å². The quantitative estimate of drug-likeness (QED) is 0.846. The lowest BCUT2D eigenvalue weighted by Gasteiger charge is -2.31. The fraction of sp³-hybridized carbons (Fsp3) is 0.450. The fourth-order valence-corrected chi connectivity index (χ4v) is 4.00.